The Kier molecular flexibility index (Phi) is 9.47. The number of epoxide rings is 1. The minimum absolute atomic E-state index is 0.393. The van der Waals surface area contributed by atoms with Gasteiger partial charge in [0.2, 0.25) is 0 Å². The van der Waals surface area contributed by atoms with Gasteiger partial charge in [-0.1, -0.05) is 38.5 Å². The molecule has 3 saturated heterocycles. The molecule has 3 heterocycles. The zero-order valence-corrected chi connectivity index (χ0v) is 17.8. The molecule has 0 amide bonds. The fraction of sp³-hybridized carbons (Fsp3) is 1.00. The standard InChI is InChI=1S/C11H21NO2.C7H12O.C4H9NO/c13-11(4-2-1-3-5-11)10-12-6-8-14-9-7-12;1-2-4-7(5-3-1)6-8-7;1-3-6-4-2-5-1/h13H,1-10H2;1-6H2;5H,1-4H2. The summed E-state index contributed by atoms with van der Waals surface area (Å²) in [6.07, 6.45) is 12.6. The topological polar surface area (TPSA) is 66.5 Å². The molecule has 1 spiro atoms. The van der Waals surface area contributed by atoms with Crippen molar-refractivity contribution in [2.45, 2.75) is 75.4 Å². The van der Waals surface area contributed by atoms with Gasteiger partial charge in [0, 0.05) is 32.7 Å². The summed E-state index contributed by atoms with van der Waals surface area (Å²) in [6.45, 7) is 9.39. The molecular weight excluding hydrogens is 356 g/mol. The maximum Gasteiger partial charge on any atom is 0.0916 e. The molecule has 28 heavy (non-hydrogen) atoms. The number of ether oxygens (including phenoxy) is 3. The van der Waals surface area contributed by atoms with Crippen molar-refractivity contribution >= 4 is 0 Å². The number of hydrogen-bond acceptors (Lipinski definition) is 6. The maximum absolute atomic E-state index is 10.3. The molecule has 0 atom stereocenters. The number of hydrogen-bond donors (Lipinski definition) is 2. The smallest absolute Gasteiger partial charge is 0.0916 e. The van der Waals surface area contributed by atoms with E-state index in [4.69, 9.17) is 14.2 Å². The first-order chi connectivity index (χ1) is 13.7. The van der Waals surface area contributed by atoms with Crippen molar-refractivity contribution in [1.29, 1.82) is 0 Å². The van der Waals surface area contributed by atoms with Gasteiger partial charge < -0.3 is 24.6 Å². The quantitative estimate of drug-likeness (QED) is 0.696. The lowest BCUT2D eigenvalue weighted by molar-refractivity contribution is -0.0507. The van der Waals surface area contributed by atoms with E-state index in [0.29, 0.717) is 5.60 Å². The minimum atomic E-state index is -0.393. The van der Waals surface area contributed by atoms with E-state index in [1.165, 1.54) is 51.4 Å². The van der Waals surface area contributed by atoms with Crippen molar-refractivity contribution in [1.82, 2.24) is 10.2 Å². The van der Waals surface area contributed by atoms with Crippen LogP contribution in [0, 0.1) is 0 Å². The molecule has 2 saturated carbocycles. The van der Waals surface area contributed by atoms with Crippen molar-refractivity contribution in [2.24, 2.45) is 0 Å². The summed E-state index contributed by atoms with van der Waals surface area (Å²) in [5.74, 6) is 0. The lowest BCUT2D eigenvalue weighted by Gasteiger charge is -2.38. The van der Waals surface area contributed by atoms with E-state index >= 15 is 0 Å². The lowest BCUT2D eigenvalue weighted by Crippen LogP contribution is -2.48. The number of β-amino-alcohol motifs (C(OH)–C–C–N with tert-alkyl or cyclic N) is 1. The van der Waals surface area contributed by atoms with Crippen LogP contribution < -0.4 is 5.32 Å². The molecule has 0 aromatic rings. The highest BCUT2D eigenvalue weighted by Crippen LogP contribution is 2.41. The van der Waals surface area contributed by atoms with E-state index in [1.54, 1.807) is 0 Å². The van der Waals surface area contributed by atoms with Crippen LogP contribution in [0.15, 0.2) is 0 Å². The Morgan fingerprint density at radius 3 is 1.71 bits per heavy atom. The Morgan fingerprint density at radius 1 is 0.750 bits per heavy atom. The van der Waals surface area contributed by atoms with Crippen LogP contribution in [0.5, 0.6) is 0 Å². The summed E-state index contributed by atoms with van der Waals surface area (Å²) in [7, 11) is 0. The van der Waals surface area contributed by atoms with Gasteiger partial charge in [-0.15, -0.1) is 0 Å². The van der Waals surface area contributed by atoms with Crippen molar-refractivity contribution in [3.05, 3.63) is 0 Å². The molecule has 5 fully saturated rings. The van der Waals surface area contributed by atoms with Crippen molar-refractivity contribution < 1.29 is 19.3 Å². The zero-order chi connectivity index (χ0) is 19.5. The van der Waals surface area contributed by atoms with Crippen LogP contribution in [0.4, 0.5) is 0 Å². The Morgan fingerprint density at radius 2 is 1.29 bits per heavy atom. The highest BCUT2D eigenvalue weighted by Gasteiger charge is 2.44. The minimum Gasteiger partial charge on any atom is -0.389 e. The van der Waals surface area contributed by atoms with Gasteiger partial charge in [-0.05, 0) is 25.7 Å². The van der Waals surface area contributed by atoms with E-state index in [0.717, 1.165) is 78.6 Å². The van der Waals surface area contributed by atoms with Crippen LogP contribution in [-0.4, -0.2) is 87.0 Å². The van der Waals surface area contributed by atoms with Crippen LogP contribution in [0.3, 0.4) is 0 Å². The van der Waals surface area contributed by atoms with E-state index in [9.17, 15) is 5.11 Å². The van der Waals surface area contributed by atoms with E-state index in [1.807, 2.05) is 0 Å². The normalized spacial score (nSPS) is 29.0. The third-order valence-corrected chi connectivity index (χ3v) is 6.57. The summed E-state index contributed by atoms with van der Waals surface area (Å²) in [6, 6.07) is 0. The molecule has 0 radical (unpaired) electrons. The first-order valence-electron chi connectivity index (χ1n) is 11.6. The fourth-order valence-corrected chi connectivity index (χ4v) is 4.65. The van der Waals surface area contributed by atoms with Crippen molar-refractivity contribution in [3.63, 3.8) is 0 Å². The Hall–Kier alpha value is -0.240. The van der Waals surface area contributed by atoms with Gasteiger partial charge in [0.1, 0.15) is 0 Å². The van der Waals surface area contributed by atoms with Crippen LogP contribution in [0.1, 0.15) is 64.2 Å². The predicted molar refractivity (Wildman–Crippen MR) is 111 cm³/mol. The number of aliphatic hydroxyl groups is 1. The summed E-state index contributed by atoms with van der Waals surface area (Å²) >= 11 is 0. The Labute approximate surface area is 171 Å². The molecule has 0 aromatic heterocycles. The zero-order valence-electron chi connectivity index (χ0n) is 17.8. The van der Waals surface area contributed by atoms with Gasteiger partial charge in [0.05, 0.1) is 44.2 Å². The second kappa shape index (κ2) is 11.8. The average molecular weight is 399 g/mol. The third-order valence-electron chi connectivity index (χ3n) is 6.57. The van der Waals surface area contributed by atoms with Crippen LogP contribution in [0.2, 0.25) is 0 Å². The van der Waals surface area contributed by atoms with E-state index < -0.39 is 5.60 Å². The molecule has 2 aliphatic carbocycles. The Balaban J connectivity index is 0.000000135. The van der Waals surface area contributed by atoms with Gasteiger partial charge in [0.15, 0.2) is 0 Å². The SMILES string of the molecule is C1CCC2(CC1)CO2.C1COCCN1.OC1(CN2CCOCC2)CCCCC1. The second-order valence-electron chi connectivity index (χ2n) is 9.07. The van der Waals surface area contributed by atoms with Gasteiger partial charge in [0.25, 0.3) is 0 Å². The lowest BCUT2D eigenvalue weighted by atomic mass is 9.84. The Bertz CT molecular complexity index is 395. The van der Waals surface area contributed by atoms with Gasteiger partial charge in [-0.2, -0.15) is 0 Å². The first kappa shape index (κ1) is 22.4. The molecule has 6 nitrogen and oxygen atoms in total. The summed E-state index contributed by atoms with van der Waals surface area (Å²) in [5.41, 5.74) is 0.0356. The first-order valence-corrected chi connectivity index (χ1v) is 11.6. The highest BCUT2D eigenvalue weighted by molar-refractivity contribution is 4.93. The van der Waals surface area contributed by atoms with Crippen LogP contribution in [-0.2, 0) is 14.2 Å². The number of rotatable bonds is 2. The van der Waals surface area contributed by atoms with E-state index in [2.05, 4.69) is 10.2 Å². The van der Waals surface area contributed by atoms with Gasteiger partial charge >= 0.3 is 0 Å². The van der Waals surface area contributed by atoms with Gasteiger partial charge in [-0.3, -0.25) is 4.90 Å². The van der Waals surface area contributed by atoms with E-state index in [-0.39, 0.29) is 0 Å². The molecule has 6 heteroatoms. The number of nitrogens with one attached hydrogen (secondary N) is 1. The van der Waals surface area contributed by atoms with Crippen LogP contribution >= 0.6 is 0 Å². The second-order valence-corrected chi connectivity index (χ2v) is 9.07. The molecule has 3 aliphatic heterocycles. The van der Waals surface area contributed by atoms with Crippen LogP contribution in [0.25, 0.3) is 0 Å². The largest absolute Gasteiger partial charge is 0.389 e. The molecule has 0 unspecified atom stereocenters. The number of nitrogens with zero attached hydrogens (tertiary/aromatic N) is 1. The van der Waals surface area contributed by atoms with Crippen molar-refractivity contribution in [2.75, 3.05) is 65.8 Å². The van der Waals surface area contributed by atoms with Crippen molar-refractivity contribution in [3.8, 4) is 0 Å². The maximum atomic E-state index is 10.3. The summed E-state index contributed by atoms with van der Waals surface area (Å²) < 4.78 is 15.6. The molecule has 0 aromatic carbocycles. The predicted octanol–water partition coefficient (Wildman–Crippen LogP) is 2.34. The van der Waals surface area contributed by atoms with Gasteiger partial charge in [-0.25, -0.2) is 0 Å². The molecule has 0 bridgehead atoms. The molecule has 5 rings (SSSR count). The molecular formula is C22H42N2O4. The average Bonchev–Trinajstić information content (AvgIpc) is 3.50. The summed E-state index contributed by atoms with van der Waals surface area (Å²) in [4.78, 5) is 2.34. The molecule has 2 N–H and O–H groups in total. The molecule has 164 valence electrons. The highest BCUT2D eigenvalue weighted by atomic mass is 16.6. The summed E-state index contributed by atoms with van der Waals surface area (Å²) in [5, 5.41) is 13.5. The third kappa shape index (κ3) is 8.25. The number of morpholine rings is 2. The monoisotopic (exact) mass is 398 g/mol. The fourth-order valence-electron chi connectivity index (χ4n) is 4.65. The molecule has 5 aliphatic rings.